The van der Waals surface area contributed by atoms with Crippen LogP contribution in [0.2, 0.25) is 0 Å². The van der Waals surface area contributed by atoms with Crippen LogP contribution >= 0.6 is 11.5 Å². The molecule has 0 saturated carbocycles. The lowest BCUT2D eigenvalue weighted by molar-refractivity contribution is 0.760. The quantitative estimate of drug-likeness (QED) is 0.665. The summed E-state index contributed by atoms with van der Waals surface area (Å²) >= 11 is 1.42. The van der Waals surface area contributed by atoms with E-state index in [-0.39, 0.29) is 0 Å². The van der Waals surface area contributed by atoms with Crippen LogP contribution < -0.4 is 0 Å². The van der Waals surface area contributed by atoms with Gasteiger partial charge < -0.3 is 0 Å². The number of hydrogen-bond acceptors (Lipinski definition) is 4. The average Bonchev–Trinajstić information content (AvgIpc) is 2.64. The van der Waals surface area contributed by atoms with E-state index < -0.39 is 0 Å². The van der Waals surface area contributed by atoms with Gasteiger partial charge in [0.15, 0.2) is 5.00 Å². The zero-order valence-corrected chi connectivity index (χ0v) is 7.67. The highest BCUT2D eigenvalue weighted by molar-refractivity contribution is 7.08. The first kappa shape index (κ1) is 7.42. The topological polar surface area (TPSA) is 43.6 Å². The first-order chi connectivity index (χ1) is 5.79. The number of nitrogens with zero attached hydrogens (tertiary/aromatic N) is 4. The van der Waals surface area contributed by atoms with E-state index in [1.165, 1.54) is 11.5 Å². The fourth-order valence-electron chi connectivity index (χ4n) is 0.911. The number of aryl methyl sites for hydroxylation is 1. The molecule has 2 heterocycles. The first-order valence-electron chi connectivity index (χ1n) is 3.58. The van der Waals surface area contributed by atoms with Gasteiger partial charge in [-0.2, -0.15) is 14.6 Å². The standard InChI is InChI=1S/C7H8N4S/c1-5-6(2)10-12-7(5)11-8-3-4-9-11/h3-4H,1-2H3. The molecule has 0 aliphatic rings. The average molecular weight is 180 g/mol. The molecule has 0 saturated heterocycles. The van der Waals surface area contributed by atoms with Gasteiger partial charge in [0.05, 0.1) is 18.1 Å². The molecule has 0 radical (unpaired) electrons. The molecule has 4 nitrogen and oxygen atoms in total. The van der Waals surface area contributed by atoms with Crippen molar-refractivity contribution >= 4 is 11.5 Å². The molecule has 0 amide bonds. The van der Waals surface area contributed by atoms with Crippen LogP contribution in [0.15, 0.2) is 12.4 Å². The number of rotatable bonds is 1. The van der Waals surface area contributed by atoms with Gasteiger partial charge in [0, 0.05) is 5.56 Å². The Morgan fingerprint density at radius 2 is 1.92 bits per heavy atom. The summed E-state index contributed by atoms with van der Waals surface area (Å²) < 4.78 is 4.21. The fraction of sp³-hybridized carbons (Fsp3) is 0.286. The van der Waals surface area contributed by atoms with E-state index >= 15 is 0 Å². The summed E-state index contributed by atoms with van der Waals surface area (Å²) in [6, 6.07) is 0. The second-order valence-corrected chi connectivity index (χ2v) is 3.27. The van der Waals surface area contributed by atoms with E-state index in [4.69, 9.17) is 0 Å². The van der Waals surface area contributed by atoms with E-state index in [1.807, 2.05) is 13.8 Å². The van der Waals surface area contributed by atoms with Crippen molar-refractivity contribution < 1.29 is 0 Å². The van der Waals surface area contributed by atoms with Crippen molar-refractivity contribution in [1.82, 2.24) is 19.4 Å². The lowest BCUT2D eigenvalue weighted by Gasteiger charge is -1.94. The van der Waals surface area contributed by atoms with Gasteiger partial charge in [0.25, 0.3) is 0 Å². The van der Waals surface area contributed by atoms with E-state index in [0.29, 0.717) is 0 Å². The Hall–Kier alpha value is -1.23. The molecule has 62 valence electrons. The second kappa shape index (κ2) is 2.67. The summed E-state index contributed by atoms with van der Waals surface area (Å²) in [5.41, 5.74) is 2.20. The molecule has 0 fully saturated rings. The molecule has 0 bridgehead atoms. The third-order valence-corrected chi connectivity index (χ3v) is 2.74. The molecule has 0 spiro atoms. The van der Waals surface area contributed by atoms with Gasteiger partial charge in [-0.15, -0.1) is 4.80 Å². The van der Waals surface area contributed by atoms with Gasteiger partial charge >= 0.3 is 0 Å². The molecule has 0 atom stereocenters. The Kier molecular flexibility index (Phi) is 1.65. The molecular weight excluding hydrogens is 172 g/mol. The third-order valence-electron chi connectivity index (χ3n) is 1.73. The molecule has 0 unspecified atom stereocenters. The van der Waals surface area contributed by atoms with Gasteiger partial charge in [-0.05, 0) is 25.4 Å². The minimum absolute atomic E-state index is 0.998. The third kappa shape index (κ3) is 1.02. The van der Waals surface area contributed by atoms with E-state index in [0.717, 1.165) is 16.3 Å². The maximum Gasteiger partial charge on any atom is 0.161 e. The van der Waals surface area contributed by atoms with Crippen LogP contribution in [0.25, 0.3) is 5.00 Å². The maximum absolute atomic E-state index is 4.21. The van der Waals surface area contributed by atoms with Crippen LogP contribution in [0.5, 0.6) is 0 Å². The Balaban J connectivity index is 2.55. The van der Waals surface area contributed by atoms with Gasteiger partial charge in [0.1, 0.15) is 0 Å². The summed E-state index contributed by atoms with van der Waals surface area (Å²) in [5, 5.41) is 9.07. The highest BCUT2D eigenvalue weighted by Crippen LogP contribution is 2.19. The molecule has 2 rings (SSSR count). The lowest BCUT2D eigenvalue weighted by atomic mass is 10.3. The molecule has 0 aliphatic heterocycles. The normalized spacial score (nSPS) is 10.5. The van der Waals surface area contributed by atoms with Gasteiger partial charge in [-0.25, -0.2) is 0 Å². The maximum atomic E-state index is 4.21. The number of aromatic nitrogens is 4. The predicted octanol–water partition coefficient (Wildman–Crippen LogP) is 1.34. The molecule has 0 aliphatic carbocycles. The van der Waals surface area contributed by atoms with Gasteiger partial charge in [-0.3, -0.25) is 0 Å². The van der Waals surface area contributed by atoms with Crippen molar-refractivity contribution in [2.75, 3.05) is 0 Å². The van der Waals surface area contributed by atoms with Crippen molar-refractivity contribution in [3.63, 3.8) is 0 Å². The molecule has 0 aromatic carbocycles. The summed E-state index contributed by atoms with van der Waals surface area (Å²) in [7, 11) is 0. The summed E-state index contributed by atoms with van der Waals surface area (Å²) in [6.45, 7) is 4.01. The van der Waals surface area contributed by atoms with Crippen LogP contribution in [0, 0.1) is 13.8 Å². The molecule has 2 aromatic rings. The SMILES string of the molecule is Cc1nsc(-n2nccn2)c1C. The zero-order valence-electron chi connectivity index (χ0n) is 6.85. The van der Waals surface area contributed by atoms with Crippen molar-refractivity contribution in [3.8, 4) is 5.00 Å². The second-order valence-electron chi connectivity index (χ2n) is 2.52. The van der Waals surface area contributed by atoms with Gasteiger partial charge in [0.2, 0.25) is 0 Å². The minimum atomic E-state index is 0.998. The smallest absolute Gasteiger partial charge is 0.161 e. The van der Waals surface area contributed by atoms with Crippen LogP contribution in [-0.2, 0) is 0 Å². The lowest BCUT2D eigenvalue weighted by Crippen LogP contribution is -1.97. The molecule has 12 heavy (non-hydrogen) atoms. The van der Waals surface area contributed by atoms with Crippen molar-refractivity contribution in [1.29, 1.82) is 0 Å². The highest BCUT2D eigenvalue weighted by Gasteiger charge is 2.08. The summed E-state index contributed by atoms with van der Waals surface area (Å²) in [5.74, 6) is 0. The van der Waals surface area contributed by atoms with Crippen molar-refractivity contribution in [2.45, 2.75) is 13.8 Å². The molecule has 5 heteroatoms. The fourth-order valence-corrected chi connectivity index (χ4v) is 1.72. The molecule has 0 N–H and O–H groups in total. The van der Waals surface area contributed by atoms with Gasteiger partial charge in [-0.1, -0.05) is 0 Å². The van der Waals surface area contributed by atoms with Crippen LogP contribution in [-0.4, -0.2) is 19.4 Å². The Morgan fingerprint density at radius 1 is 1.25 bits per heavy atom. The van der Waals surface area contributed by atoms with E-state index in [9.17, 15) is 0 Å². The molecular formula is C7H8N4S. The van der Waals surface area contributed by atoms with Crippen LogP contribution in [0.3, 0.4) is 0 Å². The predicted molar refractivity (Wildman–Crippen MR) is 46.5 cm³/mol. The Labute approximate surface area is 74.0 Å². The van der Waals surface area contributed by atoms with E-state index in [1.54, 1.807) is 17.2 Å². The largest absolute Gasteiger partial charge is 0.195 e. The number of hydrogen-bond donors (Lipinski definition) is 0. The van der Waals surface area contributed by atoms with E-state index in [2.05, 4.69) is 14.6 Å². The highest BCUT2D eigenvalue weighted by atomic mass is 32.1. The first-order valence-corrected chi connectivity index (χ1v) is 4.36. The molecule has 2 aromatic heterocycles. The van der Waals surface area contributed by atoms with Crippen molar-refractivity contribution in [3.05, 3.63) is 23.7 Å². The minimum Gasteiger partial charge on any atom is -0.195 e. The van der Waals surface area contributed by atoms with Crippen LogP contribution in [0.1, 0.15) is 11.3 Å². The Bertz CT molecular complexity index is 376. The van der Waals surface area contributed by atoms with Crippen LogP contribution in [0.4, 0.5) is 0 Å². The summed E-state index contributed by atoms with van der Waals surface area (Å²) in [6.07, 6.45) is 3.32. The Morgan fingerprint density at radius 3 is 2.42 bits per heavy atom. The monoisotopic (exact) mass is 180 g/mol. The zero-order chi connectivity index (χ0) is 8.55. The van der Waals surface area contributed by atoms with Crippen molar-refractivity contribution in [2.24, 2.45) is 0 Å². The summed E-state index contributed by atoms with van der Waals surface area (Å²) in [4.78, 5) is 1.60.